The number of amides is 1. The van der Waals surface area contributed by atoms with Crippen molar-refractivity contribution in [2.45, 2.75) is 6.92 Å². The fourth-order valence-electron chi connectivity index (χ4n) is 2.02. The third kappa shape index (κ3) is 4.74. The number of anilines is 2. The number of nitro benzene ring substituents is 1. The molecule has 0 spiro atoms. The quantitative estimate of drug-likeness (QED) is 0.318. The minimum absolute atomic E-state index is 0.121. The normalized spacial score (nSPS) is 10.9. The number of aryl methyl sites for hydroxylation is 1. The number of nitrogens with zero attached hydrogens (tertiary/aromatic N) is 3. The molecule has 1 amide bonds. The van der Waals surface area contributed by atoms with Crippen LogP contribution in [0.1, 0.15) is 15.9 Å². The van der Waals surface area contributed by atoms with Gasteiger partial charge in [-0.2, -0.15) is 0 Å². The molecule has 0 saturated carbocycles. The number of hydrogen-bond acceptors (Lipinski definition) is 5. The summed E-state index contributed by atoms with van der Waals surface area (Å²) in [4.78, 5) is 32.7. The molecule has 26 heavy (non-hydrogen) atoms. The third-order valence-electron chi connectivity index (χ3n) is 3.29. The van der Waals surface area contributed by atoms with Crippen LogP contribution in [0.2, 0.25) is 0 Å². The average molecular weight is 358 g/mol. The highest BCUT2D eigenvalue weighted by Crippen LogP contribution is 2.21. The third-order valence-corrected chi connectivity index (χ3v) is 3.29. The zero-order valence-corrected chi connectivity index (χ0v) is 13.5. The highest BCUT2D eigenvalue weighted by Gasteiger charge is 2.11. The molecule has 0 aliphatic carbocycles. The van der Waals surface area contributed by atoms with Gasteiger partial charge in [-0.25, -0.2) is 10.1 Å². The number of carbonyl (C=O) groups is 1. The van der Waals surface area contributed by atoms with E-state index in [1.807, 2.05) is 0 Å². The van der Waals surface area contributed by atoms with Gasteiger partial charge in [-0.3, -0.25) is 14.9 Å². The van der Waals surface area contributed by atoms with Crippen molar-refractivity contribution in [2.24, 2.45) is 10.8 Å². The molecule has 4 N–H and O–H groups in total. The van der Waals surface area contributed by atoms with Gasteiger partial charge in [0.05, 0.1) is 4.92 Å². The van der Waals surface area contributed by atoms with E-state index in [-0.39, 0.29) is 11.3 Å². The van der Waals surface area contributed by atoms with Crippen LogP contribution >= 0.6 is 0 Å². The van der Waals surface area contributed by atoms with E-state index in [2.05, 4.69) is 15.7 Å². The lowest BCUT2D eigenvalue weighted by Crippen LogP contribution is -2.24. The van der Waals surface area contributed by atoms with Crippen LogP contribution in [0.15, 0.2) is 47.6 Å². The molecule has 2 rings (SSSR count). The zero-order valence-electron chi connectivity index (χ0n) is 13.5. The maximum Gasteiger partial charge on any atom is 0.270 e. The molecule has 0 unspecified atom stereocenters. The molecule has 0 aliphatic heterocycles. The fourth-order valence-corrected chi connectivity index (χ4v) is 2.02. The molecule has 0 saturated heterocycles. The minimum atomic E-state index is -0.937. The van der Waals surface area contributed by atoms with Gasteiger partial charge in [0.15, 0.2) is 5.03 Å². The van der Waals surface area contributed by atoms with Crippen molar-refractivity contribution in [1.82, 2.24) is 0 Å². The number of benzene rings is 2. The smallest absolute Gasteiger partial charge is 0.270 e. The Morgan fingerprint density at radius 3 is 2.31 bits per heavy atom. The first-order valence-corrected chi connectivity index (χ1v) is 7.18. The number of guanidine groups is 1. The topological polar surface area (TPSA) is 166 Å². The Bertz CT molecular complexity index is 894. The van der Waals surface area contributed by atoms with E-state index in [1.54, 1.807) is 19.1 Å². The van der Waals surface area contributed by atoms with Crippen LogP contribution in [0.4, 0.5) is 17.1 Å². The predicted octanol–water partition coefficient (Wildman–Crippen LogP) is 2.07. The van der Waals surface area contributed by atoms with Gasteiger partial charge >= 0.3 is 0 Å². The Balaban J connectivity index is 2.17. The summed E-state index contributed by atoms with van der Waals surface area (Å²) in [7, 11) is 0. The van der Waals surface area contributed by atoms with Gasteiger partial charge in [0, 0.05) is 29.1 Å². The molecule has 134 valence electrons. The van der Waals surface area contributed by atoms with Gasteiger partial charge in [-0.15, -0.1) is 0 Å². The number of nitrogens with two attached hydrogens (primary N) is 1. The Morgan fingerprint density at radius 1 is 1.08 bits per heavy atom. The van der Waals surface area contributed by atoms with Crippen LogP contribution in [0.5, 0.6) is 0 Å². The van der Waals surface area contributed by atoms with E-state index in [0.29, 0.717) is 11.4 Å². The molecule has 2 aromatic rings. The van der Waals surface area contributed by atoms with Crippen molar-refractivity contribution in [3.63, 3.8) is 0 Å². The summed E-state index contributed by atoms with van der Waals surface area (Å²) in [6.07, 6.45) is 0. The van der Waals surface area contributed by atoms with E-state index in [0.717, 1.165) is 5.56 Å². The lowest BCUT2D eigenvalue weighted by Gasteiger charge is -2.11. The van der Waals surface area contributed by atoms with Gasteiger partial charge in [0.2, 0.25) is 0 Å². The van der Waals surface area contributed by atoms with Gasteiger partial charge < -0.3 is 16.4 Å². The van der Waals surface area contributed by atoms with E-state index in [4.69, 9.17) is 5.73 Å². The first kappa shape index (κ1) is 18.3. The van der Waals surface area contributed by atoms with Crippen LogP contribution in [0, 0.1) is 27.2 Å². The number of rotatable bonds is 5. The number of carbonyl (C=O) groups excluding carboxylic acids is 1. The van der Waals surface area contributed by atoms with Gasteiger partial charge in [-0.1, -0.05) is 6.07 Å². The Kier molecular flexibility index (Phi) is 5.43. The summed E-state index contributed by atoms with van der Waals surface area (Å²) in [5.41, 5.74) is 7.05. The maximum atomic E-state index is 12.3. The van der Waals surface area contributed by atoms with Crippen LogP contribution in [-0.2, 0) is 0 Å². The zero-order chi connectivity index (χ0) is 19.3. The van der Waals surface area contributed by atoms with Gasteiger partial charge in [0.1, 0.15) is 5.10 Å². The average Bonchev–Trinajstić information content (AvgIpc) is 2.57. The molecule has 0 atom stereocenters. The Hall–Kier alpha value is -4.02. The monoisotopic (exact) mass is 358 g/mol. The van der Waals surface area contributed by atoms with E-state index in [1.165, 1.54) is 30.3 Å². The van der Waals surface area contributed by atoms with E-state index in [9.17, 15) is 25.0 Å². The summed E-state index contributed by atoms with van der Waals surface area (Å²) >= 11 is 0. The molecule has 11 nitrogen and oxygen atoms in total. The minimum Gasteiger partial charge on any atom is -0.364 e. The van der Waals surface area contributed by atoms with Crippen LogP contribution in [0.25, 0.3) is 0 Å². The number of nitro groups is 2. The van der Waals surface area contributed by atoms with Crippen molar-refractivity contribution in [3.8, 4) is 0 Å². The fraction of sp³-hybridized carbons (Fsp3) is 0.0667. The molecule has 0 heterocycles. The molecule has 0 aliphatic rings. The van der Waals surface area contributed by atoms with Crippen molar-refractivity contribution in [3.05, 3.63) is 73.8 Å². The number of hydrazone groups is 1. The largest absolute Gasteiger partial charge is 0.364 e. The lowest BCUT2D eigenvalue weighted by atomic mass is 10.1. The molecule has 0 aromatic heterocycles. The highest BCUT2D eigenvalue weighted by molar-refractivity contribution is 6.05. The molecular weight excluding hydrogens is 344 g/mol. The lowest BCUT2D eigenvalue weighted by molar-refractivity contribution is -0.485. The first-order valence-electron chi connectivity index (χ1n) is 7.18. The molecule has 0 fully saturated rings. The van der Waals surface area contributed by atoms with Crippen LogP contribution in [0.3, 0.4) is 0 Å². The molecular formula is C15H14N6O5. The summed E-state index contributed by atoms with van der Waals surface area (Å²) in [5.74, 6) is -0.876. The van der Waals surface area contributed by atoms with Crippen molar-refractivity contribution in [1.29, 1.82) is 0 Å². The Labute approximate surface area is 146 Å². The second-order valence-corrected chi connectivity index (χ2v) is 5.14. The van der Waals surface area contributed by atoms with Gasteiger partial charge in [0.25, 0.3) is 17.6 Å². The second-order valence-electron chi connectivity index (χ2n) is 5.14. The Morgan fingerprint density at radius 2 is 1.73 bits per heavy atom. The standard InChI is InChI=1S/C15H14N6O5/c1-9-2-5-11(17-15(16)19-21(25)26)8-13(9)18-14(22)10-3-6-12(7-4-10)20(23)24/h2-8H,1H3,(H,18,22)(H3,16,17,19). The molecule has 0 radical (unpaired) electrons. The molecule has 0 bridgehead atoms. The number of nitrogens with one attached hydrogen (secondary N) is 2. The summed E-state index contributed by atoms with van der Waals surface area (Å²) < 4.78 is 0. The molecule has 2 aromatic carbocycles. The van der Waals surface area contributed by atoms with E-state index >= 15 is 0 Å². The van der Waals surface area contributed by atoms with Gasteiger partial charge in [-0.05, 0) is 36.8 Å². The predicted molar refractivity (Wildman–Crippen MR) is 94.5 cm³/mol. The van der Waals surface area contributed by atoms with Crippen LogP contribution < -0.4 is 16.4 Å². The SMILES string of the molecule is Cc1ccc(NC(N)=N[N+](=O)[O-])cc1NC(=O)c1ccc([N+](=O)[O-])cc1. The van der Waals surface area contributed by atoms with Crippen molar-refractivity contribution in [2.75, 3.05) is 10.6 Å². The number of hydrogen-bond donors (Lipinski definition) is 3. The summed E-state index contributed by atoms with van der Waals surface area (Å²) in [5, 5.41) is 28.1. The first-order chi connectivity index (χ1) is 12.3. The summed E-state index contributed by atoms with van der Waals surface area (Å²) in [6.45, 7) is 1.75. The van der Waals surface area contributed by atoms with E-state index < -0.39 is 21.8 Å². The second kappa shape index (κ2) is 7.70. The highest BCUT2D eigenvalue weighted by atomic mass is 16.7. The maximum absolute atomic E-state index is 12.3. The van der Waals surface area contributed by atoms with Crippen molar-refractivity contribution < 1.29 is 14.8 Å². The van der Waals surface area contributed by atoms with Crippen molar-refractivity contribution >= 4 is 28.9 Å². The number of non-ortho nitro benzene ring substituents is 1. The molecule has 11 heteroatoms. The van der Waals surface area contributed by atoms with Crippen LogP contribution in [-0.4, -0.2) is 21.8 Å². The summed E-state index contributed by atoms with van der Waals surface area (Å²) in [6, 6.07) is 9.95.